The highest BCUT2D eigenvalue weighted by molar-refractivity contribution is 7.92. The van der Waals surface area contributed by atoms with Crippen LogP contribution in [0.25, 0.3) is 0 Å². The van der Waals surface area contributed by atoms with E-state index in [9.17, 15) is 31.5 Å². The first-order valence-electron chi connectivity index (χ1n) is 8.45. The molecule has 1 saturated carbocycles. The zero-order chi connectivity index (χ0) is 20.5. The summed E-state index contributed by atoms with van der Waals surface area (Å²) in [5.74, 6) is -2.02. The van der Waals surface area contributed by atoms with E-state index >= 15 is 0 Å². The molecule has 0 unspecified atom stereocenters. The Labute approximate surface area is 159 Å². The van der Waals surface area contributed by atoms with Gasteiger partial charge in [-0.25, -0.2) is 8.42 Å². The molecule has 150 valence electrons. The van der Waals surface area contributed by atoms with Crippen LogP contribution in [0.3, 0.4) is 0 Å². The van der Waals surface area contributed by atoms with Gasteiger partial charge >= 0.3 is 12.1 Å². The smallest absolute Gasteiger partial charge is 0.417 e. The second-order valence-corrected chi connectivity index (χ2v) is 8.74. The molecule has 0 spiro atoms. The molecule has 3 atom stereocenters. The molecule has 0 aromatic heterocycles. The second kappa shape index (κ2) is 7.46. The van der Waals surface area contributed by atoms with Gasteiger partial charge in [0.05, 0.1) is 21.6 Å². The van der Waals surface area contributed by atoms with Gasteiger partial charge in [-0.05, 0) is 30.7 Å². The Kier molecular flexibility index (Phi) is 5.38. The highest BCUT2D eigenvalue weighted by atomic mass is 32.2. The molecule has 0 amide bonds. The van der Waals surface area contributed by atoms with E-state index < -0.39 is 49.7 Å². The van der Waals surface area contributed by atoms with E-state index in [4.69, 9.17) is 4.74 Å². The largest absolute Gasteiger partial charge is 0.489 e. The predicted octanol–water partition coefficient (Wildman–Crippen LogP) is 3.79. The molecule has 2 aromatic carbocycles. The van der Waals surface area contributed by atoms with Crippen molar-refractivity contribution in [3.8, 4) is 5.75 Å². The molecule has 1 aliphatic rings. The van der Waals surface area contributed by atoms with Crippen LogP contribution in [0, 0.1) is 5.92 Å². The number of aliphatic carboxylic acids is 1. The molecule has 0 aliphatic heterocycles. The number of carbonyl (C=O) groups is 1. The predicted molar refractivity (Wildman–Crippen MR) is 93.6 cm³/mol. The lowest BCUT2D eigenvalue weighted by Gasteiger charge is -2.18. The van der Waals surface area contributed by atoms with E-state index in [1.54, 1.807) is 30.3 Å². The number of halogens is 3. The summed E-state index contributed by atoms with van der Waals surface area (Å²) in [6.45, 7) is 0. The molecule has 5 nitrogen and oxygen atoms in total. The number of ether oxygens (including phenoxy) is 1. The Hall–Kier alpha value is -2.55. The van der Waals surface area contributed by atoms with Gasteiger partial charge in [0.25, 0.3) is 0 Å². The average Bonchev–Trinajstić information content (AvgIpc) is 3.07. The SMILES string of the molecule is O=C(O)[C@@H]1C[C@@H](S(=O)(=O)c2ccccc2C(F)(F)F)C[C@H]1Oc1ccccc1. The highest BCUT2D eigenvalue weighted by Gasteiger charge is 2.48. The second-order valence-electron chi connectivity index (χ2n) is 6.55. The van der Waals surface area contributed by atoms with Gasteiger partial charge in [0, 0.05) is 6.42 Å². The van der Waals surface area contributed by atoms with Crippen molar-refractivity contribution in [3.63, 3.8) is 0 Å². The summed E-state index contributed by atoms with van der Waals surface area (Å²) < 4.78 is 71.2. The number of carboxylic acids is 1. The molecule has 28 heavy (non-hydrogen) atoms. The maximum absolute atomic E-state index is 13.3. The fraction of sp³-hybridized carbons (Fsp3) is 0.316. The fourth-order valence-corrected chi connectivity index (χ4v) is 5.42. The molecule has 0 radical (unpaired) electrons. The quantitative estimate of drug-likeness (QED) is 0.805. The average molecular weight is 414 g/mol. The van der Waals surface area contributed by atoms with E-state index in [-0.39, 0.29) is 12.8 Å². The van der Waals surface area contributed by atoms with Crippen LogP contribution in [0.4, 0.5) is 13.2 Å². The molecule has 1 N–H and O–H groups in total. The number of hydrogen-bond acceptors (Lipinski definition) is 4. The van der Waals surface area contributed by atoms with Crippen LogP contribution in [0.5, 0.6) is 5.75 Å². The lowest BCUT2D eigenvalue weighted by atomic mass is 10.1. The van der Waals surface area contributed by atoms with Crippen LogP contribution in [0.15, 0.2) is 59.5 Å². The first-order valence-corrected chi connectivity index (χ1v) is 10.00. The van der Waals surface area contributed by atoms with Crippen molar-refractivity contribution in [1.29, 1.82) is 0 Å². The van der Waals surface area contributed by atoms with Crippen molar-refractivity contribution in [2.75, 3.05) is 0 Å². The van der Waals surface area contributed by atoms with Crippen LogP contribution < -0.4 is 4.74 Å². The molecule has 1 aliphatic carbocycles. The molecule has 0 bridgehead atoms. The molecule has 0 heterocycles. The number of alkyl halides is 3. The zero-order valence-corrected chi connectivity index (χ0v) is 15.3. The van der Waals surface area contributed by atoms with Gasteiger partial charge in [-0.2, -0.15) is 13.2 Å². The van der Waals surface area contributed by atoms with Crippen LogP contribution in [0.2, 0.25) is 0 Å². The van der Waals surface area contributed by atoms with Crippen molar-refractivity contribution in [3.05, 3.63) is 60.2 Å². The van der Waals surface area contributed by atoms with Crippen LogP contribution in [-0.4, -0.2) is 30.8 Å². The summed E-state index contributed by atoms with van der Waals surface area (Å²) in [5.41, 5.74) is -1.26. The van der Waals surface area contributed by atoms with Crippen molar-refractivity contribution in [1.82, 2.24) is 0 Å². The third-order valence-corrected chi connectivity index (χ3v) is 6.98. The van der Waals surface area contributed by atoms with Crippen molar-refractivity contribution < 1.29 is 36.2 Å². The Bertz CT molecular complexity index is 957. The monoisotopic (exact) mass is 414 g/mol. The minimum Gasteiger partial charge on any atom is -0.489 e. The number of rotatable bonds is 5. The van der Waals surface area contributed by atoms with E-state index in [1.807, 2.05) is 0 Å². The summed E-state index contributed by atoms with van der Waals surface area (Å²) >= 11 is 0. The van der Waals surface area contributed by atoms with Crippen LogP contribution in [-0.2, 0) is 20.8 Å². The fourth-order valence-electron chi connectivity index (χ4n) is 3.40. The maximum atomic E-state index is 13.3. The minimum atomic E-state index is -4.84. The molecule has 3 rings (SSSR count). The van der Waals surface area contributed by atoms with E-state index in [0.717, 1.165) is 12.1 Å². The summed E-state index contributed by atoms with van der Waals surface area (Å²) in [6.07, 6.45) is -6.33. The number of para-hydroxylation sites is 1. The molecular formula is C19H17F3O5S. The number of hydrogen-bond donors (Lipinski definition) is 1. The van der Waals surface area contributed by atoms with Gasteiger partial charge in [-0.15, -0.1) is 0 Å². The van der Waals surface area contributed by atoms with Crippen LogP contribution >= 0.6 is 0 Å². The van der Waals surface area contributed by atoms with Gasteiger partial charge < -0.3 is 9.84 Å². The minimum absolute atomic E-state index is 0.208. The third-order valence-electron chi connectivity index (χ3n) is 4.75. The number of sulfone groups is 1. The van der Waals surface area contributed by atoms with Crippen molar-refractivity contribution in [2.45, 2.75) is 35.3 Å². The lowest BCUT2D eigenvalue weighted by molar-refractivity contribution is -0.144. The first-order chi connectivity index (χ1) is 13.1. The van der Waals surface area contributed by atoms with Crippen molar-refractivity contribution in [2.24, 2.45) is 5.92 Å². The maximum Gasteiger partial charge on any atom is 0.417 e. The summed E-state index contributed by atoms with van der Waals surface area (Å²) in [6, 6.07) is 12.2. The highest BCUT2D eigenvalue weighted by Crippen LogP contribution is 2.40. The lowest BCUT2D eigenvalue weighted by Crippen LogP contribution is -2.27. The standard InChI is InChI=1S/C19H17F3O5S/c20-19(21,22)15-8-4-5-9-17(15)28(25,26)13-10-14(18(23)24)16(11-13)27-12-6-2-1-3-7-12/h1-9,13-14,16H,10-11H2,(H,23,24)/t13-,14-,16-/m1/s1. The molecule has 2 aromatic rings. The topological polar surface area (TPSA) is 80.7 Å². The van der Waals surface area contributed by atoms with E-state index in [1.165, 1.54) is 6.07 Å². The van der Waals surface area contributed by atoms with Gasteiger partial charge in [0.15, 0.2) is 9.84 Å². The van der Waals surface area contributed by atoms with Crippen LogP contribution in [0.1, 0.15) is 18.4 Å². The normalized spacial score (nSPS) is 22.8. The van der Waals surface area contributed by atoms with Crippen molar-refractivity contribution >= 4 is 15.8 Å². The Morgan fingerprint density at radius 3 is 2.21 bits per heavy atom. The Morgan fingerprint density at radius 1 is 1.00 bits per heavy atom. The summed E-state index contributed by atoms with van der Waals surface area (Å²) in [4.78, 5) is 10.7. The Morgan fingerprint density at radius 2 is 1.61 bits per heavy atom. The molecule has 9 heteroatoms. The van der Waals surface area contributed by atoms with E-state index in [2.05, 4.69) is 0 Å². The first kappa shape index (κ1) is 20.2. The summed E-state index contributed by atoms with van der Waals surface area (Å²) in [7, 11) is -4.41. The van der Waals surface area contributed by atoms with Gasteiger partial charge in [0.1, 0.15) is 11.9 Å². The summed E-state index contributed by atoms with van der Waals surface area (Å²) in [5, 5.41) is 8.16. The number of benzene rings is 2. The third kappa shape index (κ3) is 3.99. The van der Waals surface area contributed by atoms with Gasteiger partial charge in [-0.1, -0.05) is 30.3 Å². The van der Waals surface area contributed by atoms with E-state index in [0.29, 0.717) is 11.8 Å². The Balaban J connectivity index is 1.93. The molecule has 1 fully saturated rings. The van der Waals surface area contributed by atoms with Gasteiger partial charge in [-0.3, -0.25) is 4.79 Å². The molecular weight excluding hydrogens is 397 g/mol. The number of carboxylic acid groups (broad SMARTS) is 1. The zero-order valence-electron chi connectivity index (χ0n) is 14.5. The van der Waals surface area contributed by atoms with Gasteiger partial charge in [0.2, 0.25) is 0 Å². The molecule has 0 saturated heterocycles.